The highest BCUT2D eigenvalue weighted by atomic mass is 35.5. The second-order valence-corrected chi connectivity index (χ2v) is 4.79. The molecule has 2 aromatic rings. The Bertz CT molecular complexity index is 579. The van der Waals surface area contributed by atoms with Crippen LogP contribution >= 0.6 is 22.9 Å². The summed E-state index contributed by atoms with van der Waals surface area (Å²) in [5.74, 6) is -0.371. The lowest BCUT2D eigenvalue weighted by Gasteiger charge is -2.06. The average Bonchev–Trinajstić information content (AvgIpc) is 2.72. The molecule has 6 heteroatoms. The second kappa shape index (κ2) is 5.13. The van der Waals surface area contributed by atoms with E-state index in [1.54, 1.807) is 18.3 Å². The Kier molecular flexibility index (Phi) is 3.57. The summed E-state index contributed by atoms with van der Waals surface area (Å²) >= 11 is 6.94. The van der Waals surface area contributed by atoms with E-state index in [0.29, 0.717) is 4.47 Å². The number of nitriles is 1. The molecule has 17 heavy (non-hydrogen) atoms. The van der Waals surface area contributed by atoms with Gasteiger partial charge in [-0.25, -0.2) is 9.37 Å². The number of nitrogens with zero attached hydrogens (tertiary/aromatic N) is 2. The molecule has 0 saturated heterocycles. The maximum atomic E-state index is 13.2. The molecule has 0 amide bonds. The molecule has 0 aliphatic heterocycles. The Morgan fingerprint density at radius 1 is 1.53 bits per heavy atom. The van der Waals surface area contributed by atoms with Crippen LogP contribution in [0.2, 0.25) is 4.47 Å². The molecule has 0 atom stereocenters. The van der Waals surface area contributed by atoms with E-state index in [-0.39, 0.29) is 17.9 Å². The lowest BCUT2D eigenvalue weighted by atomic mass is 10.2. The number of aromatic nitrogens is 1. The van der Waals surface area contributed by atoms with E-state index >= 15 is 0 Å². The predicted molar refractivity (Wildman–Crippen MR) is 62.6 cm³/mol. The number of benzene rings is 1. The van der Waals surface area contributed by atoms with Gasteiger partial charge in [-0.2, -0.15) is 5.26 Å². The van der Waals surface area contributed by atoms with Crippen LogP contribution in [-0.4, -0.2) is 4.98 Å². The molecule has 0 radical (unpaired) electrons. The number of halogens is 2. The van der Waals surface area contributed by atoms with Crippen molar-refractivity contribution in [3.63, 3.8) is 0 Å². The third kappa shape index (κ3) is 2.73. The molecule has 0 saturated carbocycles. The van der Waals surface area contributed by atoms with Gasteiger partial charge in [-0.1, -0.05) is 17.7 Å². The molecule has 0 aliphatic rings. The molecule has 0 unspecified atom stereocenters. The van der Waals surface area contributed by atoms with Gasteiger partial charge >= 0.3 is 0 Å². The van der Waals surface area contributed by atoms with Crippen molar-refractivity contribution in [3.05, 3.63) is 45.1 Å². The van der Waals surface area contributed by atoms with Crippen LogP contribution in [0.5, 0.6) is 5.75 Å². The summed E-state index contributed by atoms with van der Waals surface area (Å²) in [6.07, 6.45) is 1.58. The van der Waals surface area contributed by atoms with Crippen molar-refractivity contribution in [1.82, 2.24) is 4.98 Å². The van der Waals surface area contributed by atoms with Crippen molar-refractivity contribution in [1.29, 1.82) is 5.26 Å². The van der Waals surface area contributed by atoms with Crippen molar-refractivity contribution >= 4 is 22.9 Å². The summed E-state index contributed by atoms with van der Waals surface area (Å²) in [5.41, 5.74) is -0.0943. The van der Waals surface area contributed by atoms with Crippen LogP contribution < -0.4 is 4.74 Å². The molecule has 0 aliphatic carbocycles. The van der Waals surface area contributed by atoms with Crippen LogP contribution in [0, 0.1) is 17.1 Å². The van der Waals surface area contributed by atoms with Crippen LogP contribution in [-0.2, 0) is 6.61 Å². The van der Waals surface area contributed by atoms with Crippen LogP contribution in [0.4, 0.5) is 4.39 Å². The van der Waals surface area contributed by atoms with Gasteiger partial charge in [0.2, 0.25) is 0 Å². The van der Waals surface area contributed by atoms with Gasteiger partial charge < -0.3 is 4.74 Å². The number of ether oxygens (including phenoxy) is 1. The minimum Gasteiger partial charge on any atom is -0.487 e. The molecular formula is C11H6ClFN2OS. The van der Waals surface area contributed by atoms with E-state index in [0.717, 1.165) is 4.88 Å². The Balaban J connectivity index is 2.14. The summed E-state index contributed by atoms with van der Waals surface area (Å²) in [6, 6.07) is 6.02. The molecule has 0 N–H and O–H groups in total. The smallest absolute Gasteiger partial charge is 0.183 e. The number of hydrogen-bond donors (Lipinski definition) is 0. The van der Waals surface area contributed by atoms with Crippen LogP contribution in [0.25, 0.3) is 0 Å². The third-order valence-electron chi connectivity index (χ3n) is 1.98. The number of hydrogen-bond acceptors (Lipinski definition) is 4. The van der Waals surface area contributed by atoms with E-state index in [1.807, 2.05) is 0 Å². The molecule has 1 aromatic carbocycles. The Morgan fingerprint density at radius 3 is 3.00 bits per heavy atom. The van der Waals surface area contributed by atoms with Gasteiger partial charge in [0.25, 0.3) is 0 Å². The van der Waals surface area contributed by atoms with Gasteiger partial charge in [0.1, 0.15) is 29.8 Å². The zero-order valence-electron chi connectivity index (χ0n) is 8.48. The van der Waals surface area contributed by atoms with Crippen molar-refractivity contribution in [2.24, 2.45) is 0 Å². The fourth-order valence-corrected chi connectivity index (χ4v) is 2.12. The standard InChI is InChI=1S/C11H6ClFN2OS/c12-11-15-5-7(17-11)6-16-10-3-1-2-9(13)8(10)4-14/h1-3,5H,6H2. The van der Waals surface area contributed by atoms with E-state index in [2.05, 4.69) is 4.98 Å². The summed E-state index contributed by atoms with van der Waals surface area (Å²) in [6.45, 7) is 0.211. The van der Waals surface area contributed by atoms with E-state index in [4.69, 9.17) is 21.6 Å². The summed E-state index contributed by atoms with van der Waals surface area (Å²) < 4.78 is 19.0. The van der Waals surface area contributed by atoms with E-state index in [1.165, 1.54) is 23.5 Å². The van der Waals surface area contributed by atoms with Gasteiger partial charge in [-0.3, -0.25) is 0 Å². The zero-order chi connectivity index (χ0) is 12.3. The predicted octanol–water partition coefficient (Wildman–Crippen LogP) is 3.39. The van der Waals surface area contributed by atoms with E-state index < -0.39 is 5.82 Å². The molecular weight excluding hydrogens is 263 g/mol. The van der Waals surface area contributed by atoms with E-state index in [9.17, 15) is 4.39 Å². The topological polar surface area (TPSA) is 45.9 Å². The minimum atomic E-state index is -0.590. The Labute approximate surface area is 106 Å². The lowest BCUT2D eigenvalue weighted by molar-refractivity contribution is 0.307. The summed E-state index contributed by atoms with van der Waals surface area (Å²) in [7, 11) is 0. The van der Waals surface area contributed by atoms with Crippen molar-refractivity contribution < 1.29 is 9.13 Å². The largest absolute Gasteiger partial charge is 0.487 e. The van der Waals surface area contributed by atoms with Crippen LogP contribution in [0.15, 0.2) is 24.4 Å². The average molecular weight is 269 g/mol. The highest BCUT2D eigenvalue weighted by Gasteiger charge is 2.09. The normalized spacial score (nSPS) is 9.94. The van der Waals surface area contributed by atoms with Crippen molar-refractivity contribution in [2.45, 2.75) is 6.61 Å². The minimum absolute atomic E-state index is 0.0943. The number of thiazole rings is 1. The van der Waals surface area contributed by atoms with Gasteiger partial charge in [-0.05, 0) is 12.1 Å². The summed E-state index contributed by atoms with van der Waals surface area (Å²) in [5, 5.41) is 8.80. The molecule has 1 aromatic heterocycles. The molecule has 2 rings (SSSR count). The van der Waals surface area contributed by atoms with Crippen molar-refractivity contribution in [2.75, 3.05) is 0 Å². The second-order valence-electron chi connectivity index (χ2n) is 3.09. The van der Waals surface area contributed by atoms with Crippen LogP contribution in [0.3, 0.4) is 0 Å². The monoisotopic (exact) mass is 268 g/mol. The third-order valence-corrected chi connectivity index (χ3v) is 3.07. The molecule has 0 fully saturated rings. The first-order valence-electron chi connectivity index (χ1n) is 4.62. The fourth-order valence-electron chi connectivity index (χ4n) is 1.23. The first-order chi connectivity index (χ1) is 8.20. The highest BCUT2D eigenvalue weighted by Crippen LogP contribution is 2.23. The maximum absolute atomic E-state index is 13.2. The van der Waals surface area contributed by atoms with Crippen LogP contribution in [0.1, 0.15) is 10.4 Å². The van der Waals surface area contributed by atoms with Gasteiger partial charge in [0, 0.05) is 6.20 Å². The SMILES string of the molecule is N#Cc1c(F)cccc1OCc1cnc(Cl)s1. The van der Waals surface area contributed by atoms with Crippen molar-refractivity contribution in [3.8, 4) is 11.8 Å². The lowest BCUT2D eigenvalue weighted by Crippen LogP contribution is -1.97. The molecule has 3 nitrogen and oxygen atoms in total. The van der Waals surface area contributed by atoms with Gasteiger partial charge in [0.15, 0.2) is 4.47 Å². The zero-order valence-corrected chi connectivity index (χ0v) is 10.1. The number of rotatable bonds is 3. The summed E-state index contributed by atoms with van der Waals surface area (Å²) in [4.78, 5) is 4.66. The first-order valence-corrected chi connectivity index (χ1v) is 5.82. The maximum Gasteiger partial charge on any atom is 0.183 e. The highest BCUT2D eigenvalue weighted by molar-refractivity contribution is 7.15. The first kappa shape index (κ1) is 11.8. The molecule has 0 bridgehead atoms. The van der Waals surface area contributed by atoms with Gasteiger partial charge in [0.05, 0.1) is 4.88 Å². The van der Waals surface area contributed by atoms with Gasteiger partial charge in [-0.15, -0.1) is 11.3 Å². The Morgan fingerprint density at radius 2 is 2.35 bits per heavy atom. The molecule has 86 valence electrons. The fraction of sp³-hybridized carbons (Fsp3) is 0.0909. The quantitative estimate of drug-likeness (QED) is 0.857. The molecule has 0 spiro atoms. The molecule has 1 heterocycles. The Hall–Kier alpha value is -1.64.